The first-order valence-corrected chi connectivity index (χ1v) is 35.9. The maximum absolute atomic E-state index is 13.0. The minimum atomic E-state index is -4.63. The van der Waals surface area contributed by atoms with E-state index in [1.54, 1.807) is 91.1 Å². The molecule has 16 N–H and O–H groups in total. The number of alkyl halides is 6. The van der Waals surface area contributed by atoms with Crippen molar-refractivity contribution in [3.8, 4) is 17.2 Å². The van der Waals surface area contributed by atoms with Crippen LogP contribution in [0.5, 0.6) is 17.2 Å². The second kappa shape index (κ2) is 36.0. The number of imide groups is 2. The summed E-state index contributed by atoms with van der Waals surface area (Å²) in [6, 6.07) is 44.7. The molecule has 0 radical (unpaired) electrons. The lowest BCUT2D eigenvalue weighted by Crippen LogP contribution is -2.43. The number of aromatic hydroxyl groups is 3. The molecule has 0 saturated heterocycles. The molecular formula is C81H80F6N15O10S+. The van der Waals surface area contributed by atoms with Gasteiger partial charge in [-0.3, -0.25) is 43.1 Å². The number of para-hydroxylation sites is 1. The van der Waals surface area contributed by atoms with Gasteiger partial charge in [-0.2, -0.15) is 31.3 Å². The summed E-state index contributed by atoms with van der Waals surface area (Å²) in [5.41, 5.74) is 36.3. The number of nitrogen functional groups attached to an aromatic ring is 2. The molecule has 0 saturated carbocycles. The minimum absolute atomic E-state index is 0.0188. The normalized spacial score (nSPS) is 12.7. The van der Waals surface area contributed by atoms with Gasteiger partial charge in [0, 0.05) is 172 Å². The number of nitrogens with two attached hydrogens (primary N) is 6. The highest BCUT2D eigenvalue weighted by Crippen LogP contribution is 2.43. The van der Waals surface area contributed by atoms with E-state index in [9.17, 15) is 70.1 Å². The van der Waals surface area contributed by atoms with Crippen molar-refractivity contribution >= 4 is 114 Å². The average molecular weight is 1570 g/mol. The van der Waals surface area contributed by atoms with Crippen LogP contribution in [0.4, 0.5) is 49.2 Å². The molecule has 15 rings (SSSR count). The van der Waals surface area contributed by atoms with Crippen LogP contribution in [0.3, 0.4) is 0 Å². The summed E-state index contributed by atoms with van der Waals surface area (Å²) in [6.07, 6.45) is 1.25. The molecule has 0 unspecified atom stereocenters. The van der Waals surface area contributed by atoms with Crippen LogP contribution in [0.15, 0.2) is 213 Å². The summed E-state index contributed by atoms with van der Waals surface area (Å²) in [4.78, 5) is 95.4. The quantitative estimate of drug-likeness (QED) is 0.0209. The van der Waals surface area contributed by atoms with Crippen molar-refractivity contribution in [3.63, 3.8) is 0 Å². The molecule has 12 aromatic rings. The molecule has 0 aliphatic carbocycles. The third-order valence-electron chi connectivity index (χ3n) is 18.0. The number of fused-ring (bicyclic) bond motifs is 4. The van der Waals surface area contributed by atoms with Crippen molar-refractivity contribution in [1.29, 1.82) is 0 Å². The number of likely N-dealkylation sites (N-methyl/N-ethyl adjacent to an activating group) is 1. The van der Waals surface area contributed by atoms with E-state index in [-0.39, 0.29) is 95.3 Å². The Morgan fingerprint density at radius 1 is 0.496 bits per heavy atom. The topological polar surface area (TPSA) is 390 Å². The van der Waals surface area contributed by atoms with Crippen molar-refractivity contribution in [2.45, 2.75) is 48.2 Å². The molecule has 586 valence electrons. The van der Waals surface area contributed by atoms with Gasteiger partial charge in [0.25, 0.3) is 34.7 Å². The maximum atomic E-state index is 13.0. The maximum Gasteiger partial charge on any atom is 0.417 e. The molecule has 7 heterocycles. The zero-order valence-corrected chi connectivity index (χ0v) is 62.1. The molecule has 0 atom stereocenters. The number of hydrogen-bond acceptors (Lipinski definition) is 20. The van der Waals surface area contributed by atoms with Gasteiger partial charge in [-0.25, -0.2) is 9.36 Å². The Morgan fingerprint density at radius 2 is 0.956 bits per heavy atom. The fourth-order valence-electron chi connectivity index (χ4n) is 12.5. The molecular weight excluding hydrogens is 1490 g/mol. The van der Waals surface area contributed by atoms with Crippen LogP contribution in [0.25, 0.3) is 55.5 Å². The number of pyridine rings is 3. The number of aryl methyl sites for hydroxylation is 1. The molecule has 3 aliphatic heterocycles. The third kappa shape index (κ3) is 19.2. The first kappa shape index (κ1) is 82.8. The van der Waals surface area contributed by atoms with Crippen LogP contribution >= 0.6 is 11.8 Å². The van der Waals surface area contributed by atoms with Gasteiger partial charge in [-0.05, 0) is 123 Å². The number of nitrogens with zero attached hydrogens (tertiary/aromatic N) is 8. The molecule has 32 heteroatoms. The van der Waals surface area contributed by atoms with Gasteiger partial charge in [0.05, 0.1) is 32.7 Å². The number of nitrogens with one attached hydrogen (secondary N) is 1. The van der Waals surface area contributed by atoms with E-state index in [4.69, 9.17) is 39.5 Å². The van der Waals surface area contributed by atoms with E-state index >= 15 is 0 Å². The number of hydrogen-bond donors (Lipinski definition) is 10. The van der Waals surface area contributed by atoms with Crippen molar-refractivity contribution in [1.82, 2.24) is 33.4 Å². The van der Waals surface area contributed by atoms with Crippen molar-refractivity contribution in [3.05, 3.63) is 264 Å². The summed E-state index contributed by atoms with van der Waals surface area (Å²) < 4.78 is 83.6. The number of phenolic OH excluding ortho intramolecular Hbond substituents is 3. The predicted octanol–water partition coefficient (Wildman–Crippen LogP) is 10.1. The Balaban J connectivity index is 0.000000144. The van der Waals surface area contributed by atoms with Crippen LogP contribution < -0.4 is 61.1 Å². The third-order valence-corrected chi connectivity index (χ3v) is 19.1. The first-order chi connectivity index (χ1) is 53.8. The number of benzene rings is 8. The average Bonchev–Trinajstić information content (AvgIpc) is 0.743. The number of aromatic nitrogens is 5. The van der Waals surface area contributed by atoms with E-state index < -0.39 is 34.6 Å². The van der Waals surface area contributed by atoms with Crippen molar-refractivity contribution in [2.75, 3.05) is 76.7 Å². The van der Waals surface area contributed by atoms with Gasteiger partial charge >= 0.3 is 18.0 Å². The van der Waals surface area contributed by atoms with E-state index in [1.807, 2.05) is 95.8 Å². The lowest BCUT2D eigenvalue weighted by atomic mass is 9.93. The minimum Gasteiger partial charge on any atom is -0.508 e. The highest BCUT2D eigenvalue weighted by molar-refractivity contribution is 7.99. The zero-order chi connectivity index (χ0) is 81.8. The molecule has 0 fully saturated rings. The summed E-state index contributed by atoms with van der Waals surface area (Å²) in [7, 11) is 5.59. The van der Waals surface area contributed by atoms with Gasteiger partial charge in [0.1, 0.15) is 24.3 Å². The Morgan fingerprint density at radius 3 is 1.43 bits per heavy atom. The number of halogens is 6. The van der Waals surface area contributed by atoms with Crippen LogP contribution in [0.2, 0.25) is 0 Å². The van der Waals surface area contributed by atoms with Gasteiger partial charge in [-0.15, -0.1) is 0 Å². The van der Waals surface area contributed by atoms with Crippen LogP contribution in [-0.4, -0.2) is 132 Å². The van der Waals surface area contributed by atoms with Gasteiger partial charge in [0.15, 0.2) is 18.2 Å². The first-order valence-electron chi connectivity index (χ1n) is 35.1. The van der Waals surface area contributed by atoms with Crippen molar-refractivity contribution < 1.29 is 65.4 Å². The number of amides is 4. The zero-order valence-electron chi connectivity index (χ0n) is 61.2. The molecule has 0 bridgehead atoms. The largest absolute Gasteiger partial charge is 0.508 e. The second-order valence-electron chi connectivity index (χ2n) is 26.1. The smallest absolute Gasteiger partial charge is 0.417 e. The predicted molar refractivity (Wildman–Crippen MR) is 424 cm³/mol. The van der Waals surface area contributed by atoms with Crippen LogP contribution in [-0.2, 0) is 39.0 Å². The van der Waals surface area contributed by atoms with Crippen molar-refractivity contribution in [2.24, 2.45) is 30.0 Å². The Hall–Kier alpha value is -12.7. The van der Waals surface area contributed by atoms with Gasteiger partial charge < -0.3 is 69.1 Å². The van der Waals surface area contributed by atoms with Gasteiger partial charge in [0.2, 0.25) is 0 Å². The van der Waals surface area contributed by atoms with E-state index in [1.165, 1.54) is 32.6 Å². The lowest BCUT2D eigenvalue weighted by molar-refractivity contribution is -0.671. The number of carbonyl (C=O) groups excluding carboxylic acids is 4. The van der Waals surface area contributed by atoms with E-state index in [0.29, 0.717) is 107 Å². The Bertz CT molecular complexity index is 5710. The molecule has 113 heavy (non-hydrogen) atoms. The molecule has 8 aromatic carbocycles. The van der Waals surface area contributed by atoms with E-state index in [0.717, 1.165) is 60.1 Å². The summed E-state index contributed by atoms with van der Waals surface area (Å²) >= 11 is 1.61. The second-order valence-corrected chi connectivity index (χ2v) is 27.1. The highest BCUT2D eigenvalue weighted by Gasteiger charge is 2.37. The molecule has 4 amide bonds. The molecule has 3 aliphatic rings. The fraction of sp³-hybridized carbons (Fsp3) is 0.198. The molecule has 4 aromatic heterocycles. The summed E-state index contributed by atoms with van der Waals surface area (Å²) in [5.74, 6) is -0.629. The Kier molecular flexibility index (Phi) is 26.3. The van der Waals surface area contributed by atoms with Crippen LogP contribution in [0.1, 0.15) is 70.1 Å². The number of rotatable bonds is 14. The SMILES string of the molecule is CN(C)CCn1c(=O)cc(C(F)(F)F)c2ccc(O)cc21.C[n+]1ccc(/C=C/c2ccc(O)cc2)cc1.NCCCN1C(=O)c2cccc3c(N)ccc(c23)C1=O.NCCN1C(=O)c2cccc3c(N)ccc(c23)C1=O.NCCn1c(=O)cc(C(F)(F)F)c2ccc(O)cc21.NCCn1cc2c(nc1=O)Nc1ccccc1S2. The lowest BCUT2D eigenvalue weighted by Gasteiger charge is -2.27. The summed E-state index contributed by atoms with van der Waals surface area (Å²) in [6.45, 7) is 3.09. The number of anilines is 4. The monoisotopic (exact) mass is 1570 g/mol. The highest BCUT2D eigenvalue weighted by atomic mass is 32.2. The fourth-order valence-corrected chi connectivity index (χ4v) is 13.4. The number of carbonyl (C=O) groups is 4. The standard InChI is InChI=1S/C15H15N3O2.C14H15F3N2O2.C14H13N3O2.C14H13NO.C12H11F3N2O2.C12H12N4OS/c16-7-2-8-18-14(19)10-4-1-3-9-12(17)6-5-11(13(9)10)15(18)20;1-18(2)5-6-19-12-7-9(20)3-4-10(12)11(8-13(19)21)14(15,16)17;15-6-7-17-13(18)9-3-1-2-8-11(16)5-4-10(12(8)9)14(17)19;1-15-10-8-13(9-11-15)3-2-12-4-6-14(16)7-5-12;13-12(14,15)9-6-11(19)17(4-3-16)10-5-7(18)1-2-8(9)10;13-5-6-16-7-10-11(15-12(16)17)14-8-3-1-2-4-9(8)18-10/h1,3-6H,2,7-8,16-17H2;3-4,7-8,20H,5-6H2,1-2H3;1-5H,6-7,15-16H2;2-11H,1H3;1-2,5-6,18H,3-4,16H2;1-4,7H,5-6,13H2,(H,14,15,17)/p+1. The molecule has 0 spiro atoms. The molecule has 25 nitrogen and oxygen atoms in total. The van der Waals surface area contributed by atoms with Gasteiger partial charge in [-0.1, -0.05) is 72.4 Å². The number of phenols is 3. The van der Waals surface area contributed by atoms with Crippen LogP contribution in [0, 0.1) is 0 Å². The Labute approximate surface area is 645 Å². The summed E-state index contributed by atoms with van der Waals surface area (Å²) in [5, 5.41) is 33.8. The van der Waals surface area contributed by atoms with E-state index in [2.05, 4.69) is 22.4 Å².